The zero-order chi connectivity index (χ0) is 18.5. The molecule has 0 radical (unpaired) electrons. The van der Waals surface area contributed by atoms with Crippen molar-refractivity contribution in [3.05, 3.63) is 72.8 Å². The third-order valence-corrected chi connectivity index (χ3v) is 3.99. The molecular weight excluding hydrogens is 316 g/mol. The van der Waals surface area contributed by atoms with Gasteiger partial charge in [-0.15, -0.1) is 0 Å². The lowest BCUT2D eigenvalue weighted by Gasteiger charge is -2.06. The zero-order valence-electron chi connectivity index (χ0n) is 15.8. The van der Waals surface area contributed by atoms with Crippen LogP contribution in [0.25, 0.3) is 22.3 Å². The maximum Gasteiger partial charge on any atom is 0.0629 e. The van der Waals surface area contributed by atoms with Crippen molar-refractivity contribution in [1.82, 2.24) is 0 Å². The van der Waals surface area contributed by atoms with E-state index in [-0.39, 0.29) is 0 Å². The quantitative estimate of drug-likeness (QED) is 0.447. The first kappa shape index (κ1) is 17.8. The van der Waals surface area contributed by atoms with Crippen LogP contribution < -0.4 is 0 Å². The van der Waals surface area contributed by atoms with Gasteiger partial charge in [0.05, 0.1) is 11.4 Å². The van der Waals surface area contributed by atoms with E-state index in [9.17, 15) is 0 Å². The predicted molar refractivity (Wildman–Crippen MR) is 114 cm³/mol. The van der Waals surface area contributed by atoms with Gasteiger partial charge in [0.2, 0.25) is 0 Å². The lowest BCUT2D eigenvalue weighted by molar-refractivity contribution is 1.47. The molecule has 26 heavy (non-hydrogen) atoms. The summed E-state index contributed by atoms with van der Waals surface area (Å²) in [5.74, 6) is 0. The van der Waals surface area contributed by atoms with Gasteiger partial charge in [0.25, 0.3) is 0 Å². The van der Waals surface area contributed by atoms with Crippen LogP contribution in [0, 0.1) is 0 Å². The first-order chi connectivity index (χ1) is 12.5. The molecule has 3 aromatic rings. The Morgan fingerprint density at radius 1 is 0.423 bits per heavy atom. The van der Waals surface area contributed by atoms with Crippen LogP contribution in [0.2, 0.25) is 0 Å². The summed E-state index contributed by atoms with van der Waals surface area (Å²) in [4.78, 5) is 8.96. The van der Waals surface area contributed by atoms with E-state index in [1.807, 2.05) is 27.7 Å². The molecule has 0 saturated carbocycles. The van der Waals surface area contributed by atoms with Gasteiger partial charge in [0.1, 0.15) is 0 Å². The lowest BCUT2D eigenvalue weighted by Crippen LogP contribution is -1.82. The van der Waals surface area contributed by atoms with Crippen molar-refractivity contribution in [2.45, 2.75) is 27.7 Å². The Kier molecular flexibility index (Phi) is 5.43. The molecule has 3 rings (SSSR count). The lowest BCUT2D eigenvalue weighted by atomic mass is 10.00. The van der Waals surface area contributed by atoms with E-state index in [1.165, 1.54) is 22.3 Å². The summed E-state index contributed by atoms with van der Waals surface area (Å²) in [7, 11) is 0. The smallest absolute Gasteiger partial charge is 0.0629 e. The molecule has 0 spiro atoms. The number of rotatable bonds is 4. The normalized spacial score (nSPS) is 10.3. The Balaban J connectivity index is 1.80. The van der Waals surface area contributed by atoms with E-state index in [1.54, 1.807) is 0 Å². The number of aliphatic imine (C=N–C) groups is 2. The molecule has 0 saturated heterocycles. The molecule has 0 aromatic heterocycles. The largest absolute Gasteiger partial charge is 0.258 e. The summed E-state index contributed by atoms with van der Waals surface area (Å²) in [6, 6.07) is 25.4. The van der Waals surface area contributed by atoms with Gasteiger partial charge in [0.15, 0.2) is 0 Å². The molecule has 0 atom stereocenters. The Morgan fingerprint density at radius 3 is 0.885 bits per heavy atom. The second kappa shape index (κ2) is 7.92. The highest BCUT2D eigenvalue weighted by atomic mass is 14.7. The van der Waals surface area contributed by atoms with Crippen molar-refractivity contribution in [1.29, 1.82) is 0 Å². The number of hydrogen-bond donors (Lipinski definition) is 0. The van der Waals surface area contributed by atoms with Crippen molar-refractivity contribution in [2.75, 3.05) is 0 Å². The van der Waals surface area contributed by atoms with Crippen LogP contribution >= 0.6 is 0 Å². The van der Waals surface area contributed by atoms with E-state index in [2.05, 4.69) is 82.8 Å². The summed E-state index contributed by atoms with van der Waals surface area (Å²) in [5, 5.41) is 0. The minimum absolute atomic E-state index is 0.996. The fourth-order valence-electron chi connectivity index (χ4n) is 2.83. The van der Waals surface area contributed by atoms with Crippen LogP contribution in [-0.4, -0.2) is 11.4 Å². The SMILES string of the molecule is CC(C)=Nc1ccc(-c2ccc(-c3ccc(N=C(C)C)cc3)cc2)cc1. The number of benzene rings is 3. The van der Waals surface area contributed by atoms with Gasteiger partial charge in [-0.1, -0.05) is 48.5 Å². The van der Waals surface area contributed by atoms with Crippen molar-refractivity contribution in [3.8, 4) is 22.3 Å². The van der Waals surface area contributed by atoms with Gasteiger partial charge < -0.3 is 0 Å². The minimum Gasteiger partial charge on any atom is -0.258 e. The van der Waals surface area contributed by atoms with Crippen molar-refractivity contribution >= 4 is 22.8 Å². The minimum atomic E-state index is 0.996. The van der Waals surface area contributed by atoms with Crippen LogP contribution in [0.1, 0.15) is 27.7 Å². The van der Waals surface area contributed by atoms with E-state index in [0.717, 1.165) is 22.8 Å². The van der Waals surface area contributed by atoms with Crippen molar-refractivity contribution in [2.24, 2.45) is 9.98 Å². The molecule has 130 valence electrons. The molecule has 0 unspecified atom stereocenters. The van der Waals surface area contributed by atoms with E-state index < -0.39 is 0 Å². The molecule has 3 aromatic carbocycles. The Morgan fingerprint density at radius 2 is 0.654 bits per heavy atom. The highest BCUT2D eigenvalue weighted by Gasteiger charge is 2.01. The molecule has 0 aliphatic rings. The third-order valence-electron chi connectivity index (χ3n) is 3.99. The second-order valence-corrected chi connectivity index (χ2v) is 6.79. The second-order valence-electron chi connectivity index (χ2n) is 6.79. The van der Waals surface area contributed by atoms with Crippen molar-refractivity contribution < 1.29 is 0 Å². The summed E-state index contributed by atoms with van der Waals surface area (Å²) >= 11 is 0. The fraction of sp³-hybridized carbons (Fsp3) is 0.167. The van der Waals surface area contributed by atoms with Gasteiger partial charge in [-0.25, -0.2) is 0 Å². The van der Waals surface area contributed by atoms with Crippen LogP contribution in [0.5, 0.6) is 0 Å². The van der Waals surface area contributed by atoms with Crippen molar-refractivity contribution in [3.63, 3.8) is 0 Å². The van der Waals surface area contributed by atoms with Gasteiger partial charge in [-0.2, -0.15) is 0 Å². The molecule has 0 amide bonds. The first-order valence-corrected chi connectivity index (χ1v) is 8.86. The maximum absolute atomic E-state index is 4.48. The maximum atomic E-state index is 4.48. The van der Waals surface area contributed by atoms with Gasteiger partial charge in [-0.3, -0.25) is 9.98 Å². The number of nitrogens with zero attached hydrogens (tertiary/aromatic N) is 2. The van der Waals surface area contributed by atoms with Crippen LogP contribution in [-0.2, 0) is 0 Å². The zero-order valence-corrected chi connectivity index (χ0v) is 15.8. The molecule has 0 bridgehead atoms. The highest BCUT2D eigenvalue weighted by Crippen LogP contribution is 2.27. The average Bonchev–Trinajstić information content (AvgIpc) is 2.62. The molecule has 0 heterocycles. The standard InChI is InChI=1S/C24H24N2/c1-17(2)25-23-13-9-21(10-14-23)19-5-7-20(8-6-19)22-11-15-24(16-12-22)26-18(3)4/h5-16H,1-4H3. The topological polar surface area (TPSA) is 24.7 Å². The van der Waals surface area contributed by atoms with Gasteiger partial charge in [-0.05, 0) is 74.2 Å². The Labute approximate surface area is 156 Å². The third kappa shape index (κ3) is 4.54. The number of hydrogen-bond acceptors (Lipinski definition) is 2. The summed E-state index contributed by atoms with van der Waals surface area (Å²) in [5.41, 5.74) is 8.94. The average molecular weight is 340 g/mol. The van der Waals surface area contributed by atoms with E-state index >= 15 is 0 Å². The van der Waals surface area contributed by atoms with Crippen LogP contribution in [0.4, 0.5) is 11.4 Å². The molecule has 0 aliphatic heterocycles. The predicted octanol–water partition coefficient (Wildman–Crippen LogP) is 7.25. The molecule has 2 heteroatoms. The van der Waals surface area contributed by atoms with Crippen LogP contribution in [0.15, 0.2) is 82.8 Å². The molecular formula is C24H24N2. The Bertz CT molecular complexity index is 841. The molecule has 2 nitrogen and oxygen atoms in total. The van der Waals surface area contributed by atoms with Gasteiger partial charge >= 0.3 is 0 Å². The highest BCUT2D eigenvalue weighted by molar-refractivity contribution is 5.83. The summed E-state index contributed by atoms with van der Waals surface area (Å²) < 4.78 is 0. The first-order valence-electron chi connectivity index (χ1n) is 8.86. The van der Waals surface area contributed by atoms with Crippen LogP contribution in [0.3, 0.4) is 0 Å². The molecule has 0 N–H and O–H groups in total. The Hall–Kier alpha value is -3.00. The van der Waals surface area contributed by atoms with E-state index in [4.69, 9.17) is 0 Å². The monoisotopic (exact) mass is 340 g/mol. The summed E-state index contributed by atoms with van der Waals surface area (Å²) in [6.45, 7) is 8.04. The fourth-order valence-corrected chi connectivity index (χ4v) is 2.83. The van der Waals surface area contributed by atoms with E-state index in [0.29, 0.717) is 0 Å². The van der Waals surface area contributed by atoms with Gasteiger partial charge in [0, 0.05) is 11.4 Å². The molecule has 0 aliphatic carbocycles. The summed E-state index contributed by atoms with van der Waals surface area (Å²) in [6.07, 6.45) is 0. The molecule has 0 fully saturated rings.